The molecule has 0 radical (unpaired) electrons. The van der Waals surface area contributed by atoms with Gasteiger partial charge in [0.15, 0.2) is 0 Å². The van der Waals surface area contributed by atoms with Crippen LogP contribution in [0.15, 0.2) is 18.2 Å². The molecule has 0 spiro atoms. The Hall–Kier alpha value is -1.78. The summed E-state index contributed by atoms with van der Waals surface area (Å²) in [6.45, 7) is 3.00. The van der Waals surface area contributed by atoms with Gasteiger partial charge in [-0.2, -0.15) is 0 Å². The molecular weight excluding hydrogens is 232 g/mol. The molecule has 1 aromatic rings. The quantitative estimate of drug-likeness (QED) is 0.611. The minimum atomic E-state index is -0.334. The third-order valence-corrected chi connectivity index (χ3v) is 3.49. The molecule has 0 N–H and O–H groups in total. The van der Waals surface area contributed by atoms with E-state index in [1.165, 1.54) is 19.6 Å². The van der Waals surface area contributed by atoms with E-state index in [9.17, 15) is 10.1 Å². The van der Waals surface area contributed by atoms with Crippen LogP contribution in [0.4, 0.5) is 11.4 Å². The number of hydrogen-bond acceptors (Lipinski definition) is 4. The highest BCUT2D eigenvalue weighted by molar-refractivity contribution is 5.66. The van der Waals surface area contributed by atoms with Gasteiger partial charge >= 0.3 is 0 Å². The van der Waals surface area contributed by atoms with Gasteiger partial charge in [0, 0.05) is 12.6 Å². The van der Waals surface area contributed by atoms with Crippen molar-refractivity contribution in [3.63, 3.8) is 0 Å². The van der Waals surface area contributed by atoms with Crippen molar-refractivity contribution in [2.45, 2.75) is 32.2 Å². The summed E-state index contributed by atoms with van der Waals surface area (Å²) in [5.41, 5.74) is 0.830. The number of hydrogen-bond donors (Lipinski definition) is 0. The SMILES string of the molecule is COc1ccc(N2CCCC[C@@H]2C)c([N+](=O)[O-])c1. The van der Waals surface area contributed by atoms with Gasteiger partial charge in [0.1, 0.15) is 11.4 Å². The van der Waals surface area contributed by atoms with E-state index < -0.39 is 0 Å². The molecule has 0 unspecified atom stereocenters. The third-order valence-electron chi connectivity index (χ3n) is 3.49. The van der Waals surface area contributed by atoms with Gasteiger partial charge in [-0.3, -0.25) is 10.1 Å². The van der Waals surface area contributed by atoms with Gasteiger partial charge in [0.25, 0.3) is 5.69 Å². The molecule has 2 rings (SSSR count). The maximum atomic E-state index is 11.2. The van der Waals surface area contributed by atoms with Crippen molar-refractivity contribution < 1.29 is 9.66 Å². The predicted octanol–water partition coefficient (Wildman–Crippen LogP) is 2.98. The normalized spacial score (nSPS) is 19.7. The average molecular weight is 250 g/mol. The van der Waals surface area contributed by atoms with Gasteiger partial charge in [0.2, 0.25) is 0 Å². The van der Waals surface area contributed by atoms with E-state index in [1.54, 1.807) is 12.1 Å². The van der Waals surface area contributed by atoms with Gasteiger partial charge in [-0.25, -0.2) is 0 Å². The first-order chi connectivity index (χ1) is 8.63. The van der Waals surface area contributed by atoms with Crippen LogP contribution < -0.4 is 9.64 Å². The summed E-state index contributed by atoms with van der Waals surface area (Å²) in [5.74, 6) is 0.523. The summed E-state index contributed by atoms with van der Waals surface area (Å²) in [6, 6.07) is 5.42. The molecular formula is C13H18N2O3. The molecule has 1 aliphatic rings. The average Bonchev–Trinajstić information content (AvgIpc) is 2.38. The Morgan fingerprint density at radius 3 is 2.83 bits per heavy atom. The molecule has 18 heavy (non-hydrogen) atoms. The van der Waals surface area contributed by atoms with Gasteiger partial charge in [-0.15, -0.1) is 0 Å². The Bertz CT molecular complexity index is 448. The maximum absolute atomic E-state index is 11.2. The van der Waals surface area contributed by atoms with E-state index in [4.69, 9.17) is 4.74 Å². The monoisotopic (exact) mass is 250 g/mol. The van der Waals surface area contributed by atoms with Gasteiger partial charge in [-0.05, 0) is 38.3 Å². The van der Waals surface area contributed by atoms with E-state index in [0.717, 1.165) is 19.4 Å². The molecule has 1 fully saturated rings. The number of anilines is 1. The Morgan fingerprint density at radius 1 is 1.44 bits per heavy atom. The van der Waals surface area contributed by atoms with Crippen LogP contribution in [0.1, 0.15) is 26.2 Å². The standard InChI is InChI=1S/C13H18N2O3/c1-10-5-3-4-8-14(10)12-7-6-11(18-2)9-13(12)15(16)17/h6-7,9-10H,3-5,8H2,1-2H3/t10-/m0/s1. The number of ether oxygens (including phenoxy) is 1. The van der Waals surface area contributed by atoms with Crippen molar-refractivity contribution in [1.29, 1.82) is 0 Å². The van der Waals surface area contributed by atoms with Crippen molar-refractivity contribution in [3.8, 4) is 5.75 Å². The molecule has 1 aromatic carbocycles. The highest BCUT2D eigenvalue weighted by atomic mass is 16.6. The van der Waals surface area contributed by atoms with Crippen LogP contribution in [0.25, 0.3) is 0 Å². The van der Waals surface area contributed by atoms with Crippen LogP contribution in [0.3, 0.4) is 0 Å². The molecule has 0 amide bonds. The van der Waals surface area contributed by atoms with Gasteiger partial charge < -0.3 is 9.64 Å². The largest absolute Gasteiger partial charge is 0.496 e. The summed E-state index contributed by atoms with van der Waals surface area (Å²) in [7, 11) is 1.52. The Morgan fingerprint density at radius 2 is 2.22 bits per heavy atom. The second-order valence-electron chi connectivity index (χ2n) is 4.65. The summed E-state index contributed by atoms with van der Waals surface area (Å²) >= 11 is 0. The number of rotatable bonds is 3. The van der Waals surface area contributed by atoms with Gasteiger partial charge in [-0.1, -0.05) is 0 Å². The topological polar surface area (TPSA) is 55.6 Å². The fourth-order valence-electron chi connectivity index (χ4n) is 2.48. The van der Waals surface area contributed by atoms with E-state index in [-0.39, 0.29) is 10.6 Å². The van der Waals surface area contributed by atoms with Crippen molar-refractivity contribution in [3.05, 3.63) is 28.3 Å². The van der Waals surface area contributed by atoms with Crippen molar-refractivity contribution >= 4 is 11.4 Å². The molecule has 1 saturated heterocycles. The lowest BCUT2D eigenvalue weighted by Gasteiger charge is -2.35. The van der Waals surface area contributed by atoms with Crippen LogP contribution >= 0.6 is 0 Å². The zero-order valence-corrected chi connectivity index (χ0v) is 10.8. The van der Waals surface area contributed by atoms with Crippen LogP contribution in [-0.4, -0.2) is 24.6 Å². The summed E-state index contributed by atoms with van der Waals surface area (Å²) in [5, 5.41) is 11.2. The maximum Gasteiger partial charge on any atom is 0.296 e. The number of nitro benzene ring substituents is 1. The zero-order chi connectivity index (χ0) is 13.1. The van der Waals surface area contributed by atoms with E-state index in [2.05, 4.69) is 11.8 Å². The first-order valence-electron chi connectivity index (χ1n) is 6.22. The fourth-order valence-corrected chi connectivity index (χ4v) is 2.48. The number of nitrogens with zero attached hydrogens (tertiary/aromatic N) is 2. The Balaban J connectivity index is 2.39. The van der Waals surface area contributed by atoms with Gasteiger partial charge in [0.05, 0.1) is 18.1 Å². The highest BCUT2D eigenvalue weighted by Crippen LogP contribution is 2.35. The van der Waals surface area contributed by atoms with Crippen LogP contribution in [-0.2, 0) is 0 Å². The molecule has 0 saturated carbocycles. The smallest absolute Gasteiger partial charge is 0.296 e. The lowest BCUT2D eigenvalue weighted by atomic mass is 10.0. The summed E-state index contributed by atoms with van der Waals surface area (Å²) in [4.78, 5) is 13.0. The number of methoxy groups -OCH3 is 1. The molecule has 0 aliphatic carbocycles. The molecule has 0 aromatic heterocycles. The van der Waals surface area contributed by atoms with Crippen molar-refractivity contribution in [2.24, 2.45) is 0 Å². The summed E-state index contributed by atoms with van der Waals surface area (Å²) in [6.07, 6.45) is 3.37. The number of nitro groups is 1. The second-order valence-corrected chi connectivity index (χ2v) is 4.65. The second kappa shape index (κ2) is 5.25. The molecule has 1 heterocycles. The predicted molar refractivity (Wildman–Crippen MR) is 70.3 cm³/mol. The molecule has 1 aliphatic heterocycles. The minimum Gasteiger partial charge on any atom is -0.496 e. The highest BCUT2D eigenvalue weighted by Gasteiger charge is 2.25. The number of piperidine rings is 1. The Labute approximate surface area is 107 Å². The fraction of sp³-hybridized carbons (Fsp3) is 0.538. The van der Waals surface area contributed by atoms with E-state index in [0.29, 0.717) is 17.5 Å². The van der Waals surface area contributed by atoms with Crippen LogP contribution in [0.2, 0.25) is 0 Å². The summed E-state index contributed by atoms with van der Waals surface area (Å²) < 4.78 is 5.05. The number of benzene rings is 1. The first kappa shape index (κ1) is 12.7. The third kappa shape index (κ3) is 2.39. The lowest BCUT2D eigenvalue weighted by Crippen LogP contribution is -2.37. The van der Waals surface area contributed by atoms with Crippen LogP contribution in [0, 0.1) is 10.1 Å². The van der Waals surface area contributed by atoms with E-state index in [1.807, 2.05) is 0 Å². The zero-order valence-electron chi connectivity index (χ0n) is 10.8. The first-order valence-corrected chi connectivity index (χ1v) is 6.22. The molecule has 5 nitrogen and oxygen atoms in total. The lowest BCUT2D eigenvalue weighted by molar-refractivity contribution is -0.384. The van der Waals surface area contributed by atoms with Crippen molar-refractivity contribution in [2.75, 3.05) is 18.6 Å². The van der Waals surface area contributed by atoms with Crippen molar-refractivity contribution in [1.82, 2.24) is 0 Å². The molecule has 1 atom stereocenters. The molecule has 98 valence electrons. The van der Waals surface area contributed by atoms with E-state index >= 15 is 0 Å². The molecule has 5 heteroatoms. The molecule has 0 bridgehead atoms. The van der Waals surface area contributed by atoms with Crippen LogP contribution in [0.5, 0.6) is 5.75 Å². The Kier molecular flexibility index (Phi) is 3.69. The minimum absolute atomic E-state index is 0.128.